The van der Waals surface area contributed by atoms with Crippen LogP contribution in [0.5, 0.6) is 0 Å². The van der Waals surface area contributed by atoms with Crippen molar-refractivity contribution in [2.45, 2.75) is 57.9 Å². The Balaban J connectivity index is 2.01. The maximum atomic E-state index is 12.4. The quantitative estimate of drug-likeness (QED) is 0.638. The van der Waals surface area contributed by atoms with Crippen molar-refractivity contribution in [2.24, 2.45) is 0 Å². The van der Waals surface area contributed by atoms with Crippen LogP contribution < -0.4 is 10.6 Å². The SMILES string of the molecule is CCCNc1cc(C(=O)NC2CCCCCC2)cc(Cl)n1. The summed E-state index contributed by atoms with van der Waals surface area (Å²) in [4.78, 5) is 16.6. The zero-order valence-electron chi connectivity index (χ0n) is 12.6. The van der Waals surface area contributed by atoms with Gasteiger partial charge in [0.05, 0.1) is 0 Å². The number of hydrogen-bond donors (Lipinski definition) is 2. The van der Waals surface area contributed by atoms with Gasteiger partial charge in [-0.2, -0.15) is 0 Å². The van der Waals surface area contributed by atoms with Crippen LogP contribution in [0.25, 0.3) is 0 Å². The third-order valence-electron chi connectivity index (χ3n) is 3.80. The summed E-state index contributed by atoms with van der Waals surface area (Å²) in [5.41, 5.74) is 0.581. The van der Waals surface area contributed by atoms with Crippen LogP contribution in [-0.4, -0.2) is 23.5 Å². The Morgan fingerprint density at radius 2 is 2.00 bits per heavy atom. The first kappa shape index (κ1) is 16.1. The lowest BCUT2D eigenvalue weighted by Crippen LogP contribution is -2.34. The van der Waals surface area contributed by atoms with E-state index in [0.29, 0.717) is 22.6 Å². The lowest BCUT2D eigenvalue weighted by Gasteiger charge is -2.16. The smallest absolute Gasteiger partial charge is 0.251 e. The van der Waals surface area contributed by atoms with Crippen molar-refractivity contribution >= 4 is 23.3 Å². The molecule has 1 fully saturated rings. The number of carbonyl (C=O) groups is 1. The number of amides is 1. The molecule has 116 valence electrons. The number of pyridine rings is 1. The van der Waals surface area contributed by atoms with Gasteiger partial charge in [-0.15, -0.1) is 0 Å². The highest BCUT2D eigenvalue weighted by Gasteiger charge is 2.16. The van der Waals surface area contributed by atoms with Crippen molar-refractivity contribution < 1.29 is 4.79 Å². The molecule has 0 atom stereocenters. The Bertz CT molecular complexity index is 471. The predicted molar refractivity (Wildman–Crippen MR) is 87.0 cm³/mol. The Kier molecular flexibility index (Phi) is 6.30. The molecule has 21 heavy (non-hydrogen) atoms. The molecule has 1 saturated carbocycles. The van der Waals surface area contributed by atoms with Crippen molar-refractivity contribution in [1.82, 2.24) is 10.3 Å². The molecule has 2 rings (SSSR count). The zero-order chi connectivity index (χ0) is 15.1. The molecule has 0 saturated heterocycles. The second kappa shape index (κ2) is 8.23. The molecular formula is C16H24ClN3O. The van der Waals surface area contributed by atoms with Gasteiger partial charge in [-0.05, 0) is 31.4 Å². The average Bonchev–Trinajstić information content (AvgIpc) is 2.73. The van der Waals surface area contributed by atoms with E-state index in [1.54, 1.807) is 12.1 Å². The lowest BCUT2D eigenvalue weighted by molar-refractivity contribution is 0.0933. The highest BCUT2D eigenvalue weighted by atomic mass is 35.5. The van der Waals surface area contributed by atoms with Crippen LogP contribution in [0.2, 0.25) is 5.15 Å². The number of aromatic nitrogens is 1. The molecule has 0 radical (unpaired) electrons. The first-order valence-electron chi connectivity index (χ1n) is 7.91. The summed E-state index contributed by atoms with van der Waals surface area (Å²) in [5.74, 6) is 0.612. The van der Waals surface area contributed by atoms with Crippen molar-refractivity contribution in [2.75, 3.05) is 11.9 Å². The number of rotatable bonds is 5. The van der Waals surface area contributed by atoms with Gasteiger partial charge in [0, 0.05) is 18.2 Å². The summed E-state index contributed by atoms with van der Waals surface area (Å²) in [6.45, 7) is 2.90. The Labute approximate surface area is 131 Å². The third-order valence-corrected chi connectivity index (χ3v) is 4.00. The van der Waals surface area contributed by atoms with Gasteiger partial charge in [-0.3, -0.25) is 4.79 Å². The van der Waals surface area contributed by atoms with Crippen LogP contribution in [0.3, 0.4) is 0 Å². The summed E-state index contributed by atoms with van der Waals surface area (Å²) < 4.78 is 0. The molecule has 0 unspecified atom stereocenters. The second-order valence-electron chi connectivity index (χ2n) is 5.65. The topological polar surface area (TPSA) is 54.0 Å². The van der Waals surface area contributed by atoms with Crippen LogP contribution in [0.15, 0.2) is 12.1 Å². The van der Waals surface area contributed by atoms with Gasteiger partial charge < -0.3 is 10.6 Å². The molecule has 0 bridgehead atoms. The Morgan fingerprint density at radius 3 is 2.67 bits per heavy atom. The molecule has 2 N–H and O–H groups in total. The number of nitrogens with zero attached hydrogens (tertiary/aromatic N) is 1. The standard InChI is InChI=1S/C16H24ClN3O/c1-2-9-18-15-11-12(10-14(17)20-15)16(21)19-13-7-5-3-4-6-8-13/h10-11,13H,2-9H2,1H3,(H,18,20)(H,19,21). The van der Waals surface area contributed by atoms with Crippen LogP contribution in [0.1, 0.15) is 62.2 Å². The van der Waals surface area contributed by atoms with Gasteiger partial charge in [0.25, 0.3) is 5.91 Å². The second-order valence-corrected chi connectivity index (χ2v) is 6.04. The fourth-order valence-corrected chi connectivity index (χ4v) is 2.87. The maximum Gasteiger partial charge on any atom is 0.251 e. The number of anilines is 1. The largest absolute Gasteiger partial charge is 0.370 e. The molecular weight excluding hydrogens is 286 g/mol. The Hall–Kier alpha value is -1.29. The minimum atomic E-state index is -0.0502. The van der Waals surface area contributed by atoms with E-state index < -0.39 is 0 Å². The molecule has 1 amide bonds. The monoisotopic (exact) mass is 309 g/mol. The molecule has 1 heterocycles. The first-order chi connectivity index (χ1) is 10.2. The minimum Gasteiger partial charge on any atom is -0.370 e. The van der Waals surface area contributed by atoms with E-state index in [4.69, 9.17) is 11.6 Å². The van der Waals surface area contributed by atoms with Gasteiger partial charge in [0.15, 0.2) is 0 Å². The summed E-state index contributed by atoms with van der Waals surface area (Å²) >= 11 is 6.01. The Morgan fingerprint density at radius 1 is 1.29 bits per heavy atom. The van der Waals surface area contributed by atoms with Crippen molar-refractivity contribution in [3.63, 3.8) is 0 Å². The van der Waals surface area contributed by atoms with E-state index in [9.17, 15) is 4.79 Å². The van der Waals surface area contributed by atoms with Crippen LogP contribution in [0, 0.1) is 0 Å². The van der Waals surface area contributed by atoms with E-state index in [0.717, 1.165) is 25.8 Å². The van der Waals surface area contributed by atoms with E-state index in [-0.39, 0.29) is 5.91 Å². The van der Waals surface area contributed by atoms with E-state index in [1.165, 1.54) is 25.7 Å². The average molecular weight is 310 g/mol. The van der Waals surface area contributed by atoms with Crippen LogP contribution >= 0.6 is 11.6 Å². The third kappa shape index (κ3) is 5.20. The van der Waals surface area contributed by atoms with Crippen molar-refractivity contribution in [3.8, 4) is 0 Å². The van der Waals surface area contributed by atoms with Crippen LogP contribution in [0.4, 0.5) is 5.82 Å². The lowest BCUT2D eigenvalue weighted by atomic mass is 10.1. The number of carbonyl (C=O) groups excluding carboxylic acids is 1. The highest BCUT2D eigenvalue weighted by molar-refractivity contribution is 6.29. The number of nitrogens with one attached hydrogen (secondary N) is 2. The fraction of sp³-hybridized carbons (Fsp3) is 0.625. The molecule has 0 spiro atoms. The summed E-state index contributed by atoms with van der Waals surface area (Å²) in [6.07, 6.45) is 8.10. The normalized spacial score (nSPS) is 16.3. The molecule has 4 nitrogen and oxygen atoms in total. The van der Waals surface area contributed by atoms with Crippen LogP contribution in [-0.2, 0) is 0 Å². The van der Waals surface area contributed by atoms with E-state index in [2.05, 4.69) is 22.5 Å². The summed E-state index contributed by atoms with van der Waals surface area (Å²) in [7, 11) is 0. The maximum absolute atomic E-state index is 12.4. The molecule has 5 heteroatoms. The van der Waals surface area contributed by atoms with Crippen molar-refractivity contribution in [1.29, 1.82) is 0 Å². The molecule has 0 aliphatic heterocycles. The van der Waals surface area contributed by atoms with Gasteiger partial charge in [0.2, 0.25) is 0 Å². The predicted octanol–water partition coefficient (Wildman–Crippen LogP) is 4.01. The number of halogens is 1. The minimum absolute atomic E-state index is 0.0502. The molecule has 1 aliphatic carbocycles. The molecule has 1 aromatic rings. The van der Waals surface area contributed by atoms with E-state index >= 15 is 0 Å². The molecule has 1 aromatic heterocycles. The fourth-order valence-electron chi connectivity index (χ4n) is 2.66. The summed E-state index contributed by atoms with van der Waals surface area (Å²) in [6, 6.07) is 3.69. The number of hydrogen-bond acceptors (Lipinski definition) is 3. The summed E-state index contributed by atoms with van der Waals surface area (Å²) in [5, 5.41) is 6.65. The van der Waals surface area contributed by atoms with Crippen molar-refractivity contribution in [3.05, 3.63) is 22.8 Å². The van der Waals surface area contributed by atoms with Gasteiger partial charge in [0.1, 0.15) is 11.0 Å². The van der Waals surface area contributed by atoms with Gasteiger partial charge in [-0.25, -0.2) is 4.98 Å². The molecule has 1 aliphatic rings. The van der Waals surface area contributed by atoms with Gasteiger partial charge in [-0.1, -0.05) is 44.2 Å². The zero-order valence-corrected chi connectivity index (χ0v) is 13.4. The van der Waals surface area contributed by atoms with E-state index in [1.807, 2.05) is 0 Å². The highest BCUT2D eigenvalue weighted by Crippen LogP contribution is 2.19. The first-order valence-corrected chi connectivity index (χ1v) is 8.29. The van der Waals surface area contributed by atoms with Gasteiger partial charge >= 0.3 is 0 Å². The molecule has 0 aromatic carbocycles.